The summed E-state index contributed by atoms with van der Waals surface area (Å²) in [5.41, 5.74) is 1.74. The fraction of sp³-hybridized carbons (Fsp3) is 0.231. The van der Waals surface area contributed by atoms with Crippen molar-refractivity contribution in [2.75, 3.05) is 20.1 Å². The number of amides is 1. The molecule has 34 heavy (non-hydrogen) atoms. The number of hydrogen-bond donors (Lipinski definition) is 1. The van der Waals surface area contributed by atoms with Gasteiger partial charge in [-0.1, -0.05) is 24.3 Å². The Labute approximate surface area is 195 Å². The van der Waals surface area contributed by atoms with E-state index in [2.05, 4.69) is 20.1 Å². The third-order valence-corrected chi connectivity index (χ3v) is 6.38. The van der Waals surface area contributed by atoms with Crippen LogP contribution in [0.4, 0.5) is 4.39 Å². The number of nitrogens with one attached hydrogen (secondary N) is 1. The highest BCUT2D eigenvalue weighted by molar-refractivity contribution is 5.98. The minimum atomic E-state index is -0.576. The van der Waals surface area contributed by atoms with E-state index in [1.54, 1.807) is 35.4 Å². The van der Waals surface area contributed by atoms with Crippen molar-refractivity contribution in [2.45, 2.75) is 19.0 Å². The molecular formula is C26H24FN5O2. The maximum Gasteiger partial charge on any atom is 0.272 e. The van der Waals surface area contributed by atoms with Crippen molar-refractivity contribution >= 4 is 16.7 Å². The molecule has 1 amide bonds. The summed E-state index contributed by atoms with van der Waals surface area (Å²) < 4.78 is 14.8. The van der Waals surface area contributed by atoms with E-state index < -0.39 is 5.82 Å². The van der Waals surface area contributed by atoms with Crippen LogP contribution in [0.5, 0.6) is 0 Å². The van der Waals surface area contributed by atoms with Crippen LogP contribution in [0, 0.1) is 5.82 Å². The van der Waals surface area contributed by atoms with E-state index in [1.807, 2.05) is 31.3 Å². The van der Waals surface area contributed by atoms with Crippen molar-refractivity contribution in [1.82, 2.24) is 25.0 Å². The third-order valence-electron chi connectivity index (χ3n) is 6.38. The van der Waals surface area contributed by atoms with Gasteiger partial charge in [0.15, 0.2) is 0 Å². The number of rotatable bonds is 5. The van der Waals surface area contributed by atoms with E-state index in [1.165, 1.54) is 12.1 Å². The summed E-state index contributed by atoms with van der Waals surface area (Å²) in [6.07, 6.45) is 2.58. The van der Waals surface area contributed by atoms with Crippen LogP contribution in [0.3, 0.4) is 0 Å². The Morgan fingerprint density at radius 2 is 1.94 bits per heavy atom. The number of carbonyl (C=O) groups excluding carboxylic acids is 1. The Balaban J connectivity index is 1.38. The van der Waals surface area contributed by atoms with Crippen molar-refractivity contribution in [3.8, 4) is 11.3 Å². The number of aromatic amines is 1. The number of fused-ring (bicyclic) bond motifs is 1. The summed E-state index contributed by atoms with van der Waals surface area (Å²) in [7, 11) is 2.02. The van der Waals surface area contributed by atoms with Crippen molar-refractivity contribution in [3.05, 3.63) is 94.3 Å². The second kappa shape index (κ2) is 9.15. The highest BCUT2D eigenvalue weighted by atomic mass is 19.1. The van der Waals surface area contributed by atoms with Gasteiger partial charge in [-0.05, 0) is 49.9 Å². The molecule has 1 aliphatic rings. The van der Waals surface area contributed by atoms with Gasteiger partial charge in [0.1, 0.15) is 5.82 Å². The van der Waals surface area contributed by atoms with Crippen molar-refractivity contribution < 1.29 is 9.18 Å². The van der Waals surface area contributed by atoms with Gasteiger partial charge in [0.2, 0.25) is 0 Å². The molecule has 1 atom stereocenters. The lowest BCUT2D eigenvalue weighted by Crippen LogP contribution is -2.36. The standard InChI is InChI=1S/C26H24FN5O2/c1-31(15-18-6-4-5-12-28-18)19-11-13-32(16-19)26(34)22-14-17(9-10-23(22)27)24-20-7-2-3-8-21(20)25(33)30-29-24/h2-10,12,14,19H,11,13,15-16H2,1H3,(H,30,33)/t19-/m1/s1. The fourth-order valence-corrected chi connectivity index (χ4v) is 4.50. The first-order valence-corrected chi connectivity index (χ1v) is 11.2. The number of H-pyrrole nitrogens is 1. The highest BCUT2D eigenvalue weighted by Crippen LogP contribution is 2.27. The summed E-state index contributed by atoms with van der Waals surface area (Å²) >= 11 is 0. The summed E-state index contributed by atoms with van der Waals surface area (Å²) in [4.78, 5) is 33.6. The number of halogens is 1. The fourth-order valence-electron chi connectivity index (χ4n) is 4.50. The van der Waals surface area contributed by atoms with E-state index in [0.29, 0.717) is 41.7 Å². The Bertz CT molecular complexity index is 1410. The molecule has 172 valence electrons. The van der Waals surface area contributed by atoms with Crippen molar-refractivity contribution in [1.29, 1.82) is 0 Å². The average molecular weight is 458 g/mol. The SMILES string of the molecule is CN(Cc1ccccn1)[C@@H]1CCN(C(=O)c2cc(-c3n[nH]c(=O)c4ccccc34)ccc2F)C1. The molecule has 5 rings (SSSR count). The lowest BCUT2D eigenvalue weighted by molar-refractivity contribution is 0.0775. The Hall–Kier alpha value is -3.91. The second-order valence-electron chi connectivity index (χ2n) is 8.57. The molecule has 0 unspecified atom stereocenters. The number of likely N-dealkylation sites (tertiary alicyclic amines) is 1. The number of likely N-dealkylation sites (N-methyl/N-ethyl adjacent to an activating group) is 1. The Kier molecular flexibility index (Phi) is 5.90. The first-order valence-electron chi connectivity index (χ1n) is 11.2. The van der Waals surface area contributed by atoms with E-state index in [-0.39, 0.29) is 23.1 Å². The third kappa shape index (κ3) is 4.20. The van der Waals surface area contributed by atoms with Gasteiger partial charge in [-0.2, -0.15) is 5.10 Å². The highest BCUT2D eigenvalue weighted by Gasteiger charge is 2.31. The number of nitrogens with zero attached hydrogens (tertiary/aromatic N) is 4. The van der Waals surface area contributed by atoms with E-state index >= 15 is 0 Å². The van der Waals surface area contributed by atoms with E-state index in [4.69, 9.17) is 0 Å². The van der Waals surface area contributed by atoms with Crippen LogP contribution in [0.1, 0.15) is 22.5 Å². The first kappa shape index (κ1) is 21.9. The number of benzene rings is 2. The van der Waals surface area contributed by atoms with Crippen molar-refractivity contribution in [2.24, 2.45) is 0 Å². The van der Waals surface area contributed by atoms with Gasteiger partial charge >= 0.3 is 0 Å². The molecule has 1 saturated heterocycles. The molecule has 1 fully saturated rings. The van der Waals surface area contributed by atoms with Crippen LogP contribution in [0.15, 0.2) is 71.7 Å². The molecular weight excluding hydrogens is 433 g/mol. The quantitative estimate of drug-likeness (QED) is 0.496. The number of aromatic nitrogens is 3. The number of hydrogen-bond acceptors (Lipinski definition) is 5. The number of carbonyl (C=O) groups is 1. The maximum atomic E-state index is 14.8. The molecule has 2 aromatic carbocycles. The summed E-state index contributed by atoms with van der Waals surface area (Å²) in [6, 6.07) is 17.5. The van der Waals surface area contributed by atoms with Crippen LogP contribution < -0.4 is 5.56 Å². The molecule has 2 aromatic heterocycles. The molecule has 1 aliphatic heterocycles. The molecule has 0 spiro atoms. The molecule has 0 aliphatic carbocycles. The average Bonchev–Trinajstić information content (AvgIpc) is 3.36. The molecule has 0 radical (unpaired) electrons. The van der Waals surface area contributed by atoms with Gasteiger partial charge in [0, 0.05) is 42.8 Å². The lowest BCUT2D eigenvalue weighted by Gasteiger charge is -2.24. The summed E-state index contributed by atoms with van der Waals surface area (Å²) in [6.45, 7) is 1.76. The predicted molar refractivity (Wildman–Crippen MR) is 128 cm³/mol. The lowest BCUT2D eigenvalue weighted by atomic mass is 10.0. The smallest absolute Gasteiger partial charge is 0.272 e. The molecule has 7 nitrogen and oxygen atoms in total. The predicted octanol–water partition coefficient (Wildman–Crippen LogP) is 3.47. The zero-order valence-electron chi connectivity index (χ0n) is 18.7. The van der Waals surface area contributed by atoms with Crippen LogP contribution in [-0.4, -0.2) is 57.1 Å². The molecule has 0 bridgehead atoms. The molecule has 8 heteroatoms. The van der Waals surface area contributed by atoms with E-state index in [9.17, 15) is 14.0 Å². The van der Waals surface area contributed by atoms with Crippen LogP contribution in [0.2, 0.25) is 0 Å². The Morgan fingerprint density at radius 3 is 2.74 bits per heavy atom. The number of pyridine rings is 1. The van der Waals surface area contributed by atoms with Gasteiger partial charge in [0.25, 0.3) is 11.5 Å². The van der Waals surface area contributed by atoms with Gasteiger partial charge in [-0.15, -0.1) is 0 Å². The summed E-state index contributed by atoms with van der Waals surface area (Å²) in [5, 5.41) is 7.81. The zero-order valence-corrected chi connectivity index (χ0v) is 18.7. The van der Waals surface area contributed by atoms with Gasteiger partial charge < -0.3 is 4.90 Å². The normalized spacial score (nSPS) is 15.9. The van der Waals surface area contributed by atoms with Gasteiger partial charge in [-0.3, -0.25) is 19.5 Å². The zero-order chi connectivity index (χ0) is 23.7. The molecule has 4 aromatic rings. The van der Waals surface area contributed by atoms with Gasteiger partial charge in [-0.25, -0.2) is 9.49 Å². The van der Waals surface area contributed by atoms with Crippen molar-refractivity contribution in [3.63, 3.8) is 0 Å². The minimum absolute atomic E-state index is 0.00242. The van der Waals surface area contributed by atoms with Gasteiger partial charge in [0.05, 0.1) is 22.3 Å². The maximum absolute atomic E-state index is 14.8. The largest absolute Gasteiger partial charge is 0.337 e. The van der Waals surface area contributed by atoms with Crippen LogP contribution in [0.25, 0.3) is 22.0 Å². The summed E-state index contributed by atoms with van der Waals surface area (Å²) in [5.74, 6) is -0.922. The topological polar surface area (TPSA) is 82.2 Å². The van der Waals surface area contributed by atoms with E-state index in [0.717, 1.165) is 12.1 Å². The molecule has 3 heterocycles. The second-order valence-corrected chi connectivity index (χ2v) is 8.57. The minimum Gasteiger partial charge on any atom is -0.337 e. The van der Waals surface area contributed by atoms with Crippen LogP contribution >= 0.6 is 0 Å². The van der Waals surface area contributed by atoms with Crippen LogP contribution in [-0.2, 0) is 6.54 Å². The Morgan fingerprint density at radius 1 is 1.15 bits per heavy atom. The monoisotopic (exact) mass is 457 g/mol. The molecule has 1 N–H and O–H groups in total. The first-order chi connectivity index (χ1) is 16.5. The molecule has 0 saturated carbocycles.